The van der Waals surface area contributed by atoms with Crippen LogP contribution in [0, 0.1) is 44.8 Å². The number of ketones is 2. The summed E-state index contributed by atoms with van der Waals surface area (Å²) in [4.78, 5) is 42.5. The molecule has 5 fully saturated rings. The summed E-state index contributed by atoms with van der Waals surface area (Å²) in [5, 5.41) is 0. The van der Waals surface area contributed by atoms with Crippen molar-refractivity contribution < 1.29 is 19.1 Å². The number of allylic oxidation sites excluding steroid dienone is 2. The summed E-state index contributed by atoms with van der Waals surface area (Å²) in [6, 6.07) is 0. The molecule has 37 heavy (non-hydrogen) atoms. The van der Waals surface area contributed by atoms with Crippen molar-refractivity contribution in [2.45, 2.75) is 112 Å². The topological polar surface area (TPSA) is 63.7 Å². The number of carbonyl (C=O) groups is 3. The van der Waals surface area contributed by atoms with Crippen LogP contribution < -0.4 is 0 Å². The van der Waals surface area contributed by atoms with Crippen LogP contribution in [0.25, 0.3) is 0 Å². The molecule has 0 aromatic carbocycles. The first-order chi connectivity index (χ1) is 17.1. The largest absolute Gasteiger partial charge is 0.448 e. The minimum atomic E-state index is -0.346. The van der Waals surface area contributed by atoms with E-state index in [4.69, 9.17) is 4.74 Å². The van der Waals surface area contributed by atoms with Gasteiger partial charge in [0.2, 0.25) is 0 Å². The molecule has 4 saturated carbocycles. The second-order valence-electron chi connectivity index (χ2n) is 15.7. The number of ether oxygens (including phenoxy) is 1. The van der Waals surface area contributed by atoms with Gasteiger partial charge < -0.3 is 4.74 Å². The van der Waals surface area contributed by atoms with Crippen molar-refractivity contribution in [1.29, 1.82) is 0 Å². The highest BCUT2D eigenvalue weighted by atomic mass is 16.6. The minimum Gasteiger partial charge on any atom is -0.448 e. The summed E-state index contributed by atoms with van der Waals surface area (Å²) in [7, 11) is 0. The fraction of sp³-hybridized carbons (Fsp3) is 0.844. The van der Waals surface area contributed by atoms with E-state index in [1.165, 1.54) is 5.57 Å². The van der Waals surface area contributed by atoms with Gasteiger partial charge in [0.05, 0.1) is 6.54 Å². The lowest BCUT2D eigenvalue weighted by Crippen LogP contribution is -2.70. The number of rotatable bonds is 1. The third kappa shape index (κ3) is 3.06. The first-order valence-electron chi connectivity index (χ1n) is 14.9. The Morgan fingerprint density at radius 2 is 1.59 bits per heavy atom. The van der Waals surface area contributed by atoms with Crippen LogP contribution in [-0.2, 0) is 14.3 Å². The highest BCUT2D eigenvalue weighted by molar-refractivity contribution is 5.96. The Labute approximate surface area is 223 Å². The monoisotopic (exact) mass is 509 g/mol. The van der Waals surface area contributed by atoms with Crippen LogP contribution in [0.3, 0.4) is 0 Å². The normalized spacial score (nSPS) is 48.3. The van der Waals surface area contributed by atoms with Crippen molar-refractivity contribution in [3.63, 3.8) is 0 Å². The number of amides is 1. The zero-order valence-electron chi connectivity index (χ0n) is 24.2. The van der Waals surface area contributed by atoms with Crippen molar-refractivity contribution in [3.05, 3.63) is 11.6 Å². The maximum atomic E-state index is 14.5. The van der Waals surface area contributed by atoms with E-state index in [0.29, 0.717) is 25.4 Å². The average molecular weight is 510 g/mol. The number of carbonyl (C=O) groups excluding carboxylic acids is 3. The maximum Gasteiger partial charge on any atom is 0.410 e. The predicted octanol–water partition coefficient (Wildman–Crippen LogP) is 6.74. The van der Waals surface area contributed by atoms with E-state index in [1.807, 2.05) is 4.90 Å². The predicted molar refractivity (Wildman–Crippen MR) is 143 cm³/mol. The first kappa shape index (κ1) is 25.6. The van der Waals surface area contributed by atoms with Gasteiger partial charge >= 0.3 is 6.09 Å². The summed E-state index contributed by atoms with van der Waals surface area (Å²) in [5.74, 6) is 1.02. The Hall–Kier alpha value is -1.65. The molecule has 0 aromatic heterocycles. The van der Waals surface area contributed by atoms with Crippen LogP contribution >= 0.6 is 0 Å². The van der Waals surface area contributed by atoms with Crippen LogP contribution in [0.2, 0.25) is 0 Å². The molecule has 1 aliphatic heterocycles. The van der Waals surface area contributed by atoms with Crippen LogP contribution in [0.4, 0.5) is 4.79 Å². The number of hydrogen-bond acceptors (Lipinski definition) is 4. The van der Waals surface area contributed by atoms with E-state index in [2.05, 4.69) is 54.5 Å². The van der Waals surface area contributed by atoms with Crippen molar-refractivity contribution in [2.75, 3.05) is 13.2 Å². The number of hydrogen-bond donors (Lipinski definition) is 0. The average Bonchev–Trinajstić information content (AvgIpc) is 3.24. The quantitative estimate of drug-likeness (QED) is 0.393. The Kier molecular flexibility index (Phi) is 5.20. The third-order valence-corrected chi connectivity index (χ3v) is 13.4. The molecule has 0 bridgehead atoms. The van der Waals surface area contributed by atoms with E-state index < -0.39 is 0 Å². The molecule has 1 saturated heterocycles. The maximum absolute atomic E-state index is 14.5. The van der Waals surface area contributed by atoms with Crippen molar-refractivity contribution >= 4 is 17.7 Å². The van der Waals surface area contributed by atoms with Crippen molar-refractivity contribution in [1.82, 2.24) is 4.90 Å². The Bertz CT molecular complexity index is 1100. The molecule has 1 heterocycles. The van der Waals surface area contributed by atoms with Gasteiger partial charge in [-0.25, -0.2) is 4.79 Å². The number of Topliss-reactive ketones (excluding diaryl/α,β-unsaturated/α-hetero) is 1. The van der Waals surface area contributed by atoms with Crippen LogP contribution in [0.1, 0.15) is 106 Å². The molecule has 0 unspecified atom stereocenters. The fourth-order valence-corrected chi connectivity index (χ4v) is 11.1. The first-order valence-corrected chi connectivity index (χ1v) is 14.9. The fourth-order valence-electron chi connectivity index (χ4n) is 11.1. The van der Waals surface area contributed by atoms with Gasteiger partial charge in [0.1, 0.15) is 12.4 Å². The lowest BCUT2D eigenvalue weighted by Gasteiger charge is -2.70. The summed E-state index contributed by atoms with van der Waals surface area (Å²) < 4.78 is 5.47. The van der Waals surface area contributed by atoms with Gasteiger partial charge in [-0.05, 0) is 90.9 Å². The Balaban J connectivity index is 1.48. The van der Waals surface area contributed by atoms with Gasteiger partial charge in [0.15, 0.2) is 5.78 Å². The lowest BCUT2D eigenvalue weighted by atomic mass is 9.34. The van der Waals surface area contributed by atoms with Crippen LogP contribution in [0.15, 0.2) is 11.6 Å². The van der Waals surface area contributed by atoms with Crippen LogP contribution in [0.5, 0.6) is 0 Å². The highest BCUT2D eigenvalue weighted by Crippen LogP contribution is 2.74. The van der Waals surface area contributed by atoms with Gasteiger partial charge in [0, 0.05) is 23.3 Å². The standard InChI is InChI=1S/C32H47NO4/c1-27(2)12-14-32(33-16-17-37-26(33)36)15-13-31(7)25(20(32)19-27)21(34)18-23-29(5)10-9-24(35)28(3,4)22(29)8-11-30(23,31)6/h18,20,22,25H,8-17,19H2,1-7H3/t20-,22-,25-,29-,30+,31+,32-/m0/s1. The molecule has 6 rings (SSSR count). The van der Waals surface area contributed by atoms with Crippen LogP contribution in [-0.4, -0.2) is 41.3 Å². The van der Waals surface area contributed by atoms with Crippen molar-refractivity contribution in [2.24, 2.45) is 44.8 Å². The molecular weight excluding hydrogens is 462 g/mol. The molecule has 5 heteroatoms. The van der Waals surface area contributed by atoms with E-state index in [0.717, 1.165) is 51.4 Å². The van der Waals surface area contributed by atoms with E-state index in [-0.39, 0.29) is 62.2 Å². The van der Waals surface area contributed by atoms with Gasteiger partial charge in [0.25, 0.3) is 0 Å². The third-order valence-electron chi connectivity index (χ3n) is 13.4. The molecule has 5 aliphatic carbocycles. The van der Waals surface area contributed by atoms with Crippen molar-refractivity contribution in [3.8, 4) is 0 Å². The Morgan fingerprint density at radius 1 is 0.892 bits per heavy atom. The molecule has 0 radical (unpaired) electrons. The zero-order valence-corrected chi connectivity index (χ0v) is 24.2. The molecule has 0 aromatic rings. The smallest absolute Gasteiger partial charge is 0.410 e. The number of fused-ring (bicyclic) bond motifs is 7. The van der Waals surface area contributed by atoms with E-state index in [1.54, 1.807) is 0 Å². The molecule has 1 amide bonds. The lowest BCUT2D eigenvalue weighted by molar-refractivity contribution is -0.175. The number of cyclic esters (lactones) is 1. The molecule has 7 atom stereocenters. The molecule has 0 spiro atoms. The summed E-state index contributed by atoms with van der Waals surface area (Å²) in [5.41, 5.74) is 0.521. The Morgan fingerprint density at radius 3 is 2.27 bits per heavy atom. The molecular formula is C32H47NO4. The summed E-state index contributed by atoms with van der Waals surface area (Å²) in [6.07, 6.45) is 10.4. The molecule has 6 aliphatic rings. The van der Waals surface area contributed by atoms with Gasteiger partial charge in [-0.2, -0.15) is 0 Å². The highest BCUT2D eigenvalue weighted by Gasteiger charge is 2.71. The SMILES string of the molecule is CC1(C)CC[C@]2(N3CCOC3=O)CC[C@]3(C)[C@H](C(=O)C=C4[C@@]5(C)CCC(=O)C(C)(C)[C@@H]5CC[C@]43C)[C@@H]2C1. The van der Waals surface area contributed by atoms with Gasteiger partial charge in [-0.1, -0.05) is 54.0 Å². The second kappa shape index (κ2) is 7.50. The zero-order chi connectivity index (χ0) is 26.8. The molecule has 204 valence electrons. The second-order valence-corrected chi connectivity index (χ2v) is 15.7. The number of nitrogens with zero attached hydrogens (tertiary/aromatic N) is 1. The van der Waals surface area contributed by atoms with E-state index in [9.17, 15) is 14.4 Å². The van der Waals surface area contributed by atoms with Gasteiger partial charge in [-0.15, -0.1) is 0 Å². The minimum absolute atomic E-state index is 0.0768. The summed E-state index contributed by atoms with van der Waals surface area (Å²) in [6.45, 7) is 17.3. The molecule has 5 nitrogen and oxygen atoms in total. The molecule has 0 N–H and O–H groups in total. The van der Waals surface area contributed by atoms with Gasteiger partial charge in [-0.3, -0.25) is 14.5 Å². The van der Waals surface area contributed by atoms with E-state index >= 15 is 0 Å². The summed E-state index contributed by atoms with van der Waals surface area (Å²) >= 11 is 0.